The number of sulfonamides is 1. The minimum absolute atomic E-state index is 0.127. The van der Waals surface area contributed by atoms with Gasteiger partial charge in [0.25, 0.3) is 0 Å². The SMILES string of the molecule is CS(=O)(=O)Nc1ccccc1N1CCN(C(=O)[C@@H](Cc2cccc3ccccc23)NC(=O)C2NCCc3ccccc32)CC1. The van der Waals surface area contributed by atoms with Gasteiger partial charge in [-0.2, -0.15) is 0 Å². The predicted octanol–water partition coefficient (Wildman–Crippen LogP) is 3.47. The Kier molecular flexibility index (Phi) is 8.54. The van der Waals surface area contributed by atoms with Gasteiger partial charge in [-0.15, -0.1) is 0 Å². The van der Waals surface area contributed by atoms with Crippen molar-refractivity contribution in [1.82, 2.24) is 15.5 Å². The lowest BCUT2D eigenvalue weighted by Gasteiger charge is -2.38. The number of nitrogens with zero attached hydrogens (tertiary/aromatic N) is 2. The first-order chi connectivity index (χ1) is 21.3. The number of anilines is 2. The van der Waals surface area contributed by atoms with Crippen LogP contribution in [0.4, 0.5) is 11.4 Å². The van der Waals surface area contributed by atoms with E-state index in [0.717, 1.165) is 45.8 Å². The Balaban J connectivity index is 1.23. The Hall–Kier alpha value is -4.41. The first kappa shape index (κ1) is 29.7. The van der Waals surface area contributed by atoms with Crippen LogP contribution < -0.4 is 20.3 Å². The fraction of sp³-hybridized carbons (Fsp3) is 0.294. The molecule has 1 fully saturated rings. The molecule has 1 unspecified atom stereocenters. The lowest BCUT2D eigenvalue weighted by Crippen LogP contribution is -2.57. The summed E-state index contributed by atoms with van der Waals surface area (Å²) in [6, 6.07) is 28.1. The second-order valence-corrected chi connectivity index (χ2v) is 13.2. The van der Waals surface area contributed by atoms with Crippen molar-refractivity contribution < 1.29 is 18.0 Å². The zero-order valence-electron chi connectivity index (χ0n) is 24.7. The number of hydrogen-bond acceptors (Lipinski definition) is 6. The molecule has 4 aromatic carbocycles. The zero-order valence-corrected chi connectivity index (χ0v) is 25.5. The summed E-state index contributed by atoms with van der Waals surface area (Å²) in [7, 11) is -3.45. The van der Waals surface area contributed by atoms with Gasteiger partial charge in [-0.1, -0.05) is 78.9 Å². The molecular formula is C34H37N5O4S. The lowest BCUT2D eigenvalue weighted by atomic mass is 9.93. The van der Waals surface area contributed by atoms with Gasteiger partial charge in [-0.05, 0) is 46.0 Å². The fourth-order valence-corrected chi connectivity index (χ4v) is 6.88. The molecule has 44 heavy (non-hydrogen) atoms. The Bertz CT molecular complexity index is 1780. The number of benzene rings is 4. The van der Waals surface area contributed by atoms with E-state index in [0.29, 0.717) is 44.8 Å². The van der Waals surface area contributed by atoms with E-state index in [1.165, 1.54) is 0 Å². The van der Waals surface area contributed by atoms with Gasteiger partial charge in [0.15, 0.2) is 0 Å². The van der Waals surface area contributed by atoms with Gasteiger partial charge >= 0.3 is 0 Å². The summed E-state index contributed by atoms with van der Waals surface area (Å²) in [6.45, 7) is 2.63. The summed E-state index contributed by atoms with van der Waals surface area (Å²) in [4.78, 5) is 31.9. The number of nitrogens with one attached hydrogen (secondary N) is 3. The van der Waals surface area contributed by atoms with Crippen LogP contribution in [0.2, 0.25) is 0 Å². The summed E-state index contributed by atoms with van der Waals surface area (Å²) in [5.74, 6) is -0.340. The van der Waals surface area contributed by atoms with E-state index in [2.05, 4.69) is 26.3 Å². The molecule has 4 aromatic rings. The first-order valence-electron chi connectivity index (χ1n) is 15.0. The number of fused-ring (bicyclic) bond motifs is 2. The van der Waals surface area contributed by atoms with E-state index in [1.807, 2.05) is 72.8 Å². The van der Waals surface area contributed by atoms with Gasteiger partial charge in [-0.25, -0.2) is 8.42 Å². The average Bonchev–Trinajstić information content (AvgIpc) is 3.03. The van der Waals surface area contributed by atoms with E-state index in [9.17, 15) is 18.0 Å². The highest BCUT2D eigenvalue weighted by Crippen LogP contribution is 2.28. The molecule has 0 radical (unpaired) electrons. The van der Waals surface area contributed by atoms with Gasteiger partial charge < -0.3 is 20.4 Å². The molecule has 0 spiro atoms. The normalized spacial score (nSPS) is 17.5. The van der Waals surface area contributed by atoms with Crippen LogP contribution in [0.5, 0.6) is 0 Å². The quantitative estimate of drug-likeness (QED) is 0.282. The van der Waals surface area contributed by atoms with Crippen molar-refractivity contribution in [2.24, 2.45) is 0 Å². The molecule has 6 rings (SSSR count). The Morgan fingerprint density at radius 3 is 2.41 bits per heavy atom. The number of rotatable bonds is 8. The molecular weight excluding hydrogens is 574 g/mol. The van der Waals surface area contributed by atoms with Crippen molar-refractivity contribution in [3.63, 3.8) is 0 Å². The minimum Gasteiger partial charge on any atom is -0.366 e. The van der Waals surface area contributed by atoms with Crippen LogP contribution in [0.3, 0.4) is 0 Å². The third-order valence-electron chi connectivity index (χ3n) is 8.42. The standard InChI is InChI=1S/C34H37N5O4S/c1-44(42,43)37-29-15-6-7-16-31(29)38-19-21-39(22-20-38)34(41)30(23-26-12-8-11-24-9-2-4-13-27(24)26)36-33(40)32-28-14-5-3-10-25(28)17-18-35-32/h2-16,30,32,35,37H,17-23H2,1H3,(H,36,40)/t30-,32?/m1/s1. The predicted molar refractivity (Wildman–Crippen MR) is 174 cm³/mol. The Morgan fingerprint density at radius 2 is 1.59 bits per heavy atom. The molecule has 2 aliphatic rings. The molecule has 0 aliphatic carbocycles. The van der Waals surface area contributed by atoms with Crippen LogP contribution in [0.1, 0.15) is 22.7 Å². The third kappa shape index (κ3) is 6.56. The van der Waals surface area contributed by atoms with Gasteiger partial charge in [0.1, 0.15) is 12.1 Å². The Morgan fingerprint density at radius 1 is 0.886 bits per heavy atom. The van der Waals surface area contributed by atoms with Crippen molar-refractivity contribution in [1.29, 1.82) is 0 Å². The molecule has 1 saturated heterocycles. The molecule has 10 heteroatoms. The molecule has 0 saturated carbocycles. The molecule has 2 heterocycles. The summed E-state index contributed by atoms with van der Waals surface area (Å²) in [5.41, 5.74) is 4.37. The highest BCUT2D eigenvalue weighted by atomic mass is 32.2. The summed E-state index contributed by atoms with van der Waals surface area (Å²) >= 11 is 0. The number of carbonyl (C=O) groups excluding carboxylic acids is 2. The molecule has 0 aromatic heterocycles. The third-order valence-corrected chi connectivity index (χ3v) is 9.01. The van der Waals surface area contributed by atoms with Gasteiger partial charge in [0.05, 0.1) is 17.6 Å². The summed E-state index contributed by atoms with van der Waals surface area (Å²) in [6.07, 6.45) is 2.35. The number of para-hydroxylation sites is 2. The lowest BCUT2D eigenvalue weighted by molar-refractivity contribution is -0.137. The summed E-state index contributed by atoms with van der Waals surface area (Å²) in [5, 5.41) is 8.62. The monoisotopic (exact) mass is 611 g/mol. The molecule has 228 valence electrons. The van der Waals surface area contributed by atoms with Crippen LogP contribution in [-0.2, 0) is 32.5 Å². The second-order valence-electron chi connectivity index (χ2n) is 11.4. The van der Waals surface area contributed by atoms with Crippen LogP contribution in [0.15, 0.2) is 91.0 Å². The Labute approximate surface area is 258 Å². The maximum atomic E-state index is 14.2. The van der Waals surface area contributed by atoms with Crippen molar-refractivity contribution in [3.05, 3.63) is 108 Å². The van der Waals surface area contributed by atoms with Crippen LogP contribution in [-0.4, -0.2) is 70.2 Å². The molecule has 2 amide bonds. The average molecular weight is 612 g/mol. The minimum atomic E-state index is -3.45. The fourth-order valence-electron chi connectivity index (χ4n) is 6.31. The highest BCUT2D eigenvalue weighted by Gasteiger charge is 2.33. The van der Waals surface area contributed by atoms with Crippen LogP contribution >= 0.6 is 0 Å². The van der Waals surface area contributed by atoms with Crippen molar-refractivity contribution >= 4 is 44.0 Å². The maximum absolute atomic E-state index is 14.2. The largest absolute Gasteiger partial charge is 0.366 e. The van der Waals surface area contributed by atoms with E-state index in [-0.39, 0.29) is 11.8 Å². The van der Waals surface area contributed by atoms with Crippen molar-refractivity contribution in [2.75, 3.05) is 48.6 Å². The molecule has 3 N–H and O–H groups in total. The molecule has 9 nitrogen and oxygen atoms in total. The number of amides is 2. The van der Waals surface area contributed by atoms with E-state index >= 15 is 0 Å². The van der Waals surface area contributed by atoms with Crippen LogP contribution in [0, 0.1) is 0 Å². The van der Waals surface area contributed by atoms with Gasteiger partial charge in [0.2, 0.25) is 21.8 Å². The topological polar surface area (TPSA) is 111 Å². The van der Waals surface area contributed by atoms with Crippen molar-refractivity contribution in [3.8, 4) is 0 Å². The number of piperazine rings is 1. The smallest absolute Gasteiger partial charge is 0.245 e. The molecule has 2 aliphatic heterocycles. The van der Waals surface area contributed by atoms with Crippen molar-refractivity contribution in [2.45, 2.75) is 24.9 Å². The maximum Gasteiger partial charge on any atom is 0.245 e. The van der Waals surface area contributed by atoms with E-state index in [4.69, 9.17) is 0 Å². The first-order valence-corrected chi connectivity index (χ1v) is 16.8. The second kappa shape index (κ2) is 12.7. The number of hydrogen-bond donors (Lipinski definition) is 3. The van der Waals surface area contributed by atoms with Crippen LogP contribution in [0.25, 0.3) is 10.8 Å². The van der Waals surface area contributed by atoms with E-state index in [1.54, 1.807) is 17.0 Å². The zero-order chi connectivity index (χ0) is 30.7. The molecule has 2 atom stereocenters. The highest BCUT2D eigenvalue weighted by molar-refractivity contribution is 7.92. The number of carbonyl (C=O) groups is 2. The summed E-state index contributed by atoms with van der Waals surface area (Å²) < 4.78 is 26.5. The molecule has 0 bridgehead atoms. The van der Waals surface area contributed by atoms with Gasteiger partial charge in [0, 0.05) is 39.1 Å². The van der Waals surface area contributed by atoms with E-state index < -0.39 is 22.1 Å². The van der Waals surface area contributed by atoms with Gasteiger partial charge in [-0.3, -0.25) is 14.3 Å².